The molecule has 1 atom stereocenters. The molecule has 3 aromatic rings. The van der Waals surface area contributed by atoms with Crippen molar-refractivity contribution in [3.05, 3.63) is 58.7 Å². The number of anilines is 1. The third-order valence-electron chi connectivity index (χ3n) is 4.38. The summed E-state index contributed by atoms with van der Waals surface area (Å²) in [7, 11) is 0. The number of nitrogens with zero attached hydrogens (tertiary/aromatic N) is 1. The van der Waals surface area contributed by atoms with Gasteiger partial charge in [0, 0.05) is 17.0 Å². The van der Waals surface area contributed by atoms with Crippen LogP contribution in [0.4, 0.5) is 5.69 Å². The molecule has 0 spiro atoms. The van der Waals surface area contributed by atoms with Crippen LogP contribution in [0.5, 0.6) is 0 Å². The molecule has 0 radical (unpaired) electrons. The van der Waals surface area contributed by atoms with E-state index in [0.29, 0.717) is 6.54 Å². The number of H-pyrrole nitrogens is 1. The minimum Gasteiger partial charge on any atom is -0.364 e. The predicted molar refractivity (Wildman–Crippen MR) is 104 cm³/mol. The first kappa shape index (κ1) is 16.8. The summed E-state index contributed by atoms with van der Waals surface area (Å²) in [5, 5.41) is 16.9. The Bertz CT molecular complexity index is 902. The van der Waals surface area contributed by atoms with Gasteiger partial charge in [-0.15, -0.1) is 11.3 Å². The van der Waals surface area contributed by atoms with Crippen LogP contribution in [-0.2, 0) is 13.0 Å². The summed E-state index contributed by atoms with van der Waals surface area (Å²) in [6.07, 6.45) is 2.76. The third-order valence-corrected chi connectivity index (χ3v) is 5.54. The van der Waals surface area contributed by atoms with E-state index in [1.54, 1.807) is 0 Å². The second-order valence-electron chi connectivity index (χ2n) is 6.37. The second-order valence-corrected chi connectivity index (χ2v) is 7.42. The van der Waals surface area contributed by atoms with Crippen molar-refractivity contribution in [2.24, 2.45) is 0 Å². The number of carbonyl (C=O) groups excluding carboxylic acids is 1. The van der Waals surface area contributed by atoms with Crippen molar-refractivity contribution >= 4 is 22.9 Å². The average molecular weight is 367 g/mol. The first-order chi connectivity index (χ1) is 12.7. The van der Waals surface area contributed by atoms with E-state index in [2.05, 4.69) is 50.4 Å². The van der Waals surface area contributed by atoms with Crippen LogP contribution >= 0.6 is 11.3 Å². The Morgan fingerprint density at radius 1 is 1.23 bits per heavy atom. The van der Waals surface area contributed by atoms with Gasteiger partial charge in [0.05, 0.1) is 23.7 Å². The molecule has 1 aromatic carbocycles. The molecule has 1 unspecified atom stereocenters. The number of aromatic nitrogens is 2. The Balaban J connectivity index is 1.43. The van der Waals surface area contributed by atoms with Gasteiger partial charge in [-0.1, -0.05) is 30.3 Å². The van der Waals surface area contributed by atoms with Gasteiger partial charge in [0.2, 0.25) is 0 Å². The van der Waals surface area contributed by atoms with E-state index >= 15 is 0 Å². The van der Waals surface area contributed by atoms with Crippen molar-refractivity contribution < 1.29 is 4.79 Å². The van der Waals surface area contributed by atoms with Gasteiger partial charge in [0.15, 0.2) is 0 Å². The molecule has 3 heterocycles. The van der Waals surface area contributed by atoms with E-state index in [1.807, 2.05) is 25.3 Å². The normalized spacial score (nSPS) is 16.0. The van der Waals surface area contributed by atoms with Crippen LogP contribution in [0.2, 0.25) is 0 Å². The largest absolute Gasteiger partial charge is 0.364 e. The fourth-order valence-corrected chi connectivity index (χ4v) is 4.14. The van der Waals surface area contributed by atoms with Crippen LogP contribution in [0, 0.1) is 0 Å². The van der Waals surface area contributed by atoms with E-state index in [9.17, 15) is 4.79 Å². The van der Waals surface area contributed by atoms with Crippen LogP contribution in [0.3, 0.4) is 0 Å². The smallest absolute Gasteiger partial charge is 0.265 e. The van der Waals surface area contributed by atoms with Crippen molar-refractivity contribution in [3.8, 4) is 10.4 Å². The van der Waals surface area contributed by atoms with E-state index < -0.39 is 0 Å². The summed E-state index contributed by atoms with van der Waals surface area (Å²) in [6, 6.07) is 12.5. The highest BCUT2D eigenvalue weighted by atomic mass is 32.1. The third kappa shape index (κ3) is 3.49. The van der Waals surface area contributed by atoms with Crippen molar-refractivity contribution in [2.75, 3.05) is 11.9 Å². The Kier molecular flexibility index (Phi) is 4.73. The maximum absolute atomic E-state index is 12.1. The number of rotatable bonds is 6. The first-order valence-electron chi connectivity index (χ1n) is 8.69. The molecule has 7 heteroatoms. The molecular formula is C19H21N5OS. The van der Waals surface area contributed by atoms with Crippen LogP contribution < -0.4 is 16.0 Å². The molecule has 4 rings (SSSR count). The Morgan fingerprint density at radius 3 is 2.92 bits per heavy atom. The molecule has 1 aliphatic heterocycles. The van der Waals surface area contributed by atoms with Crippen LogP contribution in [-0.4, -0.2) is 28.8 Å². The van der Waals surface area contributed by atoms with Crippen molar-refractivity contribution in [3.63, 3.8) is 0 Å². The fraction of sp³-hybridized carbons (Fsp3) is 0.263. The number of carbonyl (C=O) groups is 1. The van der Waals surface area contributed by atoms with Crippen molar-refractivity contribution in [2.45, 2.75) is 26.1 Å². The fourth-order valence-electron chi connectivity index (χ4n) is 3.08. The zero-order chi connectivity index (χ0) is 17.9. The lowest BCUT2D eigenvalue weighted by Crippen LogP contribution is -2.41. The summed E-state index contributed by atoms with van der Waals surface area (Å²) < 4.78 is 0. The molecule has 0 aliphatic carbocycles. The molecule has 0 saturated carbocycles. The highest BCUT2D eigenvalue weighted by Crippen LogP contribution is 2.37. The number of hydrogen-bond acceptors (Lipinski definition) is 5. The molecule has 26 heavy (non-hydrogen) atoms. The standard InChI is InChI=1S/C19H21N5OS/c1-12-22-15-9-17(26-18(15)19(25)23-12)14-10-21-24-16(14)11-20-8-7-13-5-3-2-4-6-13/h2-6,9-10,12,20,22H,7-8,11H2,1H3,(H,21,24)(H,23,25). The molecule has 0 saturated heterocycles. The molecule has 0 bridgehead atoms. The molecule has 1 amide bonds. The second kappa shape index (κ2) is 7.31. The average Bonchev–Trinajstić information content (AvgIpc) is 3.26. The van der Waals surface area contributed by atoms with Gasteiger partial charge in [-0.25, -0.2) is 0 Å². The lowest BCUT2D eigenvalue weighted by molar-refractivity contribution is 0.0943. The molecule has 6 nitrogen and oxygen atoms in total. The Labute approximate surface area is 156 Å². The molecular weight excluding hydrogens is 346 g/mol. The number of thiophene rings is 1. The van der Waals surface area contributed by atoms with Crippen molar-refractivity contribution in [1.29, 1.82) is 0 Å². The summed E-state index contributed by atoms with van der Waals surface area (Å²) >= 11 is 1.49. The maximum Gasteiger partial charge on any atom is 0.265 e. The van der Waals surface area contributed by atoms with E-state index in [0.717, 1.165) is 39.7 Å². The van der Waals surface area contributed by atoms with Gasteiger partial charge in [-0.3, -0.25) is 9.89 Å². The van der Waals surface area contributed by atoms with Gasteiger partial charge in [0.1, 0.15) is 4.88 Å². The molecule has 2 aromatic heterocycles. The summed E-state index contributed by atoms with van der Waals surface area (Å²) in [6.45, 7) is 3.53. The van der Waals surface area contributed by atoms with Gasteiger partial charge in [-0.05, 0) is 31.5 Å². The van der Waals surface area contributed by atoms with Crippen LogP contribution in [0.25, 0.3) is 10.4 Å². The minimum absolute atomic E-state index is 0.0199. The van der Waals surface area contributed by atoms with Crippen LogP contribution in [0.1, 0.15) is 27.9 Å². The predicted octanol–water partition coefficient (Wildman–Crippen LogP) is 2.97. The Morgan fingerprint density at radius 2 is 2.08 bits per heavy atom. The van der Waals surface area contributed by atoms with Gasteiger partial charge < -0.3 is 16.0 Å². The lowest BCUT2D eigenvalue weighted by Gasteiger charge is -2.21. The number of aromatic amines is 1. The summed E-state index contributed by atoms with van der Waals surface area (Å²) in [4.78, 5) is 13.9. The molecule has 134 valence electrons. The highest BCUT2D eigenvalue weighted by Gasteiger charge is 2.25. The monoisotopic (exact) mass is 367 g/mol. The number of benzene rings is 1. The molecule has 4 N–H and O–H groups in total. The van der Waals surface area contributed by atoms with Gasteiger partial charge in [0.25, 0.3) is 5.91 Å². The number of fused-ring (bicyclic) bond motifs is 1. The molecule has 0 fully saturated rings. The minimum atomic E-state index is -0.0547. The number of amides is 1. The first-order valence-corrected chi connectivity index (χ1v) is 9.51. The summed E-state index contributed by atoms with van der Waals surface area (Å²) in [5.41, 5.74) is 4.29. The topological polar surface area (TPSA) is 81.8 Å². The van der Waals surface area contributed by atoms with Crippen LogP contribution in [0.15, 0.2) is 42.6 Å². The van der Waals surface area contributed by atoms with E-state index in [1.165, 1.54) is 16.9 Å². The quantitative estimate of drug-likeness (QED) is 0.505. The Hall–Kier alpha value is -2.64. The number of hydrogen-bond donors (Lipinski definition) is 4. The SMILES string of the molecule is CC1NC(=O)c2sc(-c3cn[nH]c3CNCCc3ccccc3)cc2N1. The summed E-state index contributed by atoms with van der Waals surface area (Å²) in [5.74, 6) is -0.0199. The van der Waals surface area contributed by atoms with E-state index in [4.69, 9.17) is 0 Å². The molecule has 1 aliphatic rings. The van der Waals surface area contributed by atoms with Crippen molar-refractivity contribution in [1.82, 2.24) is 20.8 Å². The van der Waals surface area contributed by atoms with E-state index in [-0.39, 0.29) is 12.1 Å². The van der Waals surface area contributed by atoms with Gasteiger partial charge in [-0.2, -0.15) is 5.10 Å². The number of nitrogens with one attached hydrogen (secondary N) is 4. The zero-order valence-electron chi connectivity index (χ0n) is 14.5. The van der Waals surface area contributed by atoms with Gasteiger partial charge >= 0.3 is 0 Å². The lowest BCUT2D eigenvalue weighted by atomic mass is 10.1. The maximum atomic E-state index is 12.1. The highest BCUT2D eigenvalue weighted by molar-refractivity contribution is 7.18. The zero-order valence-corrected chi connectivity index (χ0v) is 15.3.